The van der Waals surface area contributed by atoms with E-state index in [4.69, 9.17) is 11.6 Å². The third-order valence-corrected chi connectivity index (χ3v) is 5.30. The summed E-state index contributed by atoms with van der Waals surface area (Å²) >= 11 is 10.3. The summed E-state index contributed by atoms with van der Waals surface area (Å²) in [5.74, 6) is 0. The van der Waals surface area contributed by atoms with E-state index in [9.17, 15) is 0 Å². The van der Waals surface area contributed by atoms with Crippen LogP contribution in [0, 0.1) is 13.8 Å². The van der Waals surface area contributed by atoms with E-state index in [0.717, 1.165) is 10.0 Å². The molecule has 0 N–H and O–H groups in total. The molecule has 3 aromatic carbocycles. The van der Waals surface area contributed by atoms with Gasteiger partial charge in [-0.2, -0.15) is 0 Å². The Balaban J connectivity index is 2.15. The second kappa shape index (κ2) is 5.82. The van der Waals surface area contributed by atoms with Crippen LogP contribution in [0.15, 0.2) is 59.1 Å². The van der Waals surface area contributed by atoms with Gasteiger partial charge in [-0.05, 0) is 52.9 Å². The van der Waals surface area contributed by atoms with Crippen LogP contribution in [0.3, 0.4) is 0 Å². The van der Waals surface area contributed by atoms with E-state index in [1.807, 2.05) is 0 Å². The maximum atomic E-state index is 6.77. The lowest BCUT2D eigenvalue weighted by molar-refractivity contribution is 1.14. The van der Waals surface area contributed by atoms with E-state index in [1.54, 1.807) is 0 Å². The molecular weight excluding hydrogens is 344 g/mol. The summed E-state index contributed by atoms with van der Waals surface area (Å²) in [4.78, 5) is 0. The van der Waals surface area contributed by atoms with Crippen LogP contribution < -0.4 is 0 Å². The zero-order valence-electron chi connectivity index (χ0n) is 12.0. The highest BCUT2D eigenvalue weighted by Gasteiger charge is 2.15. The molecule has 0 amide bonds. The number of benzene rings is 3. The summed E-state index contributed by atoms with van der Waals surface area (Å²) in [5.41, 5.74) is 4.78. The Labute approximate surface area is 138 Å². The number of hydrogen-bond donors (Lipinski definition) is 0. The van der Waals surface area contributed by atoms with Crippen LogP contribution in [0.4, 0.5) is 0 Å². The van der Waals surface area contributed by atoms with Gasteiger partial charge in [0.25, 0.3) is 0 Å². The van der Waals surface area contributed by atoms with E-state index in [0.29, 0.717) is 0 Å². The maximum absolute atomic E-state index is 6.77. The van der Waals surface area contributed by atoms with Gasteiger partial charge < -0.3 is 0 Å². The number of halogens is 2. The smallest absolute Gasteiger partial charge is 0.0841 e. The quantitative estimate of drug-likeness (QED) is 0.455. The lowest BCUT2D eigenvalue weighted by atomic mass is 9.95. The van der Waals surface area contributed by atoms with Gasteiger partial charge in [-0.3, -0.25) is 0 Å². The standard InChI is InChI=1S/C19H16BrCl/c1-12-7-9-17(16-6-4-3-5-15(12)16)19(21)14-8-10-18(20)13(2)11-14/h3-11,19H,1-2H3. The average molecular weight is 360 g/mol. The third-order valence-electron chi connectivity index (χ3n) is 3.92. The number of rotatable bonds is 2. The number of fused-ring (bicyclic) bond motifs is 1. The first kappa shape index (κ1) is 14.6. The molecule has 0 radical (unpaired) electrons. The van der Waals surface area contributed by atoms with Gasteiger partial charge >= 0.3 is 0 Å². The van der Waals surface area contributed by atoms with Crippen molar-refractivity contribution in [3.8, 4) is 0 Å². The molecule has 0 fully saturated rings. The van der Waals surface area contributed by atoms with Gasteiger partial charge in [0, 0.05) is 4.47 Å². The molecule has 0 heterocycles. The summed E-state index contributed by atoms with van der Waals surface area (Å²) in [5, 5.41) is 2.37. The van der Waals surface area contributed by atoms with Gasteiger partial charge in [0.05, 0.1) is 5.38 Å². The first-order valence-corrected chi connectivity index (χ1v) is 8.19. The third kappa shape index (κ3) is 2.73. The molecule has 2 heteroatoms. The molecule has 0 saturated heterocycles. The molecule has 0 saturated carbocycles. The van der Waals surface area contributed by atoms with E-state index in [1.165, 1.54) is 27.5 Å². The Bertz CT molecular complexity index is 808. The summed E-state index contributed by atoms with van der Waals surface area (Å²) in [6, 6.07) is 19.1. The molecule has 0 aliphatic heterocycles. The predicted octanol–water partition coefficient (Wildman–Crippen LogP) is 6.55. The van der Waals surface area contributed by atoms with Crippen molar-refractivity contribution in [3.63, 3.8) is 0 Å². The number of hydrogen-bond acceptors (Lipinski definition) is 0. The van der Waals surface area contributed by atoms with Gasteiger partial charge in [-0.25, -0.2) is 0 Å². The van der Waals surface area contributed by atoms with Crippen LogP contribution >= 0.6 is 27.5 Å². The molecule has 0 aromatic heterocycles. The molecule has 3 aromatic rings. The van der Waals surface area contributed by atoms with Crippen molar-refractivity contribution >= 4 is 38.3 Å². The fraction of sp³-hybridized carbons (Fsp3) is 0.158. The summed E-state index contributed by atoms with van der Waals surface area (Å²) in [6.45, 7) is 4.23. The van der Waals surface area contributed by atoms with E-state index in [2.05, 4.69) is 84.4 Å². The van der Waals surface area contributed by atoms with Crippen molar-refractivity contribution in [1.82, 2.24) is 0 Å². The molecule has 0 aliphatic carbocycles. The minimum atomic E-state index is -0.137. The van der Waals surface area contributed by atoms with Crippen LogP contribution in [-0.4, -0.2) is 0 Å². The molecule has 0 bridgehead atoms. The molecule has 1 unspecified atom stereocenters. The van der Waals surface area contributed by atoms with Crippen molar-refractivity contribution in [2.45, 2.75) is 19.2 Å². The minimum absolute atomic E-state index is 0.137. The van der Waals surface area contributed by atoms with Crippen molar-refractivity contribution in [2.75, 3.05) is 0 Å². The lowest BCUT2D eigenvalue weighted by Crippen LogP contribution is -1.96. The highest BCUT2D eigenvalue weighted by atomic mass is 79.9. The molecule has 3 rings (SSSR count). The average Bonchev–Trinajstić information content (AvgIpc) is 2.50. The summed E-state index contributed by atoms with van der Waals surface area (Å²) in [6.07, 6.45) is 0. The fourth-order valence-corrected chi connectivity index (χ4v) is 3.27. The van der Waals surface area contributed by atoms with E-state index < -0.39 is 0 Å². The Morgan fingerprint density at radius 2 is 1.57 bits per heavy atom. The highest BCUT2D eigenvalue weighted by molar-refractivity contribution is 9.10. The monoisotopic (exact) mass is 358 g/mol. The number of aryl methyl sites for hydroxylation is 2. The molecule has 1 atom stereocenters. The Hall–Kier alpha value is -1.31. The molecule has 0 aliphatic rings. The summed E-state index contributed by atoms with van der Waals surface area (Å²) in [7, 11) is 0. The van der Waals surface area contributed by atoms with Crippen molar-refractivity contribution in [3.05, 3.63) is 81.3 Å². The molecular formula is C19H16BrCl. The van der Waals surface area contributed by atoms with E-state index >= 15 is 0 Å². The van der Waals surface area contributed by atoms with Crippen LogP contribution in [-0.2, 0) is 0 Å². The second-order valence-corrected chi connectivity index (χ2v) is 6.68. The lowest BCUT2D eigenvalue weighted by Gasteiger charge is -2.15. The van der Waals surface area contributed by atoms with Gasteiger partial charge in [-0.1, -0.05) is 64.5 Å². The second-order valence-electron chi connectivity index (χ2n) is 5.39. The zero-order valence-corrected chi connectivity index (χ0v) is 14.4. The molecule has 0 spiro atoms. The SMILES string of the molecule is Cc1cc(C(Cl)c2ccc(C)c3ccccc23)ccc1Br. The zero-order chi connectivity index (χ0) is 15.0. The Morgan fingerprint density at radius 3 is 2.29 bits per heavy atom. The van der Waals surface area contributed by atoms with Crippen molar-refractivity contribution < 1.29 is 0 Å². The Morgan fingerprint density at radius 1 is 0.857 bits per heavy atom. The molecule has 106 valence electrons. The fourth-order valence-electron chi connectivity index (χ4n) is 2.70. The highest BCUT2D eigenvalue weighted by Crippen LogP contribution is 2.36. The minimum Gasteiger partial charge on any atom is -0.113 e. The number of alkyl halides is 1. The Kier molecular flexibility index (Phi) is 4.05. The van der Waals surface area contributed by atoms with Gasteiger partial charge in [-0.15, -0.1) is 11.6 Å². The van der Waals surface area contributed by atoms with Crippen LogP contribution in [0.25, 0.3) is 10.8 Å². The first-order chi connectivity index (χ1) is 10.1. The van der Waals surface area contributed by atoms with Gasteiger partial charge in [0.1, 0.15) is 0 Å². The normalized spacial score (nSPS) is 12.6. The molecule has 21 heavy (non-hydrogen) atoms. The van der Waals surface area contributed by atoms with Gasteiger partial charge in [0.2, 0.25) is 0 Å². The summed E-state index contributed by atoms with van der Waals surface area (Å²) < 4.78 is 1.11. The maximum Gasteiger partial charge on any atom is 0.0841 e. The topological polar surface area (TPSA) is 0 Å². The van der Waals surface area contributed by atoms with E-state index in [-0.39, 0.29) is 5.38 Å². The molecule has 0 nitrogen and oxygen atoms in total. The van der Waals surface area contributed by atoms with Crippen LogP contribution in [0.1, 0.15) is 27.6 Å². The van der Waals surface area contributed by atoms with Crippen LogP contribution in [0.5, 0.6) is 0 Å². The van der Waals surface area contributed by atoms with Gasteiger partial charge in [0.15, 0.2) is 0 Å². The van der Waals surface area contributed by atoms with Crippen LogP contribution in [0.2, 0.25) is 0 Å². The van der Waals surface area contributed by atoms with Crippen molar-refractivity contribution in [1.29, 1.82) is 0 Å². The van der Waals surface area contributed by atoms with Crippen molar-refractivity contribution in [2.24, 2.45) is 0 Å². The largest absolute Gasteiger partial charge is 0.113 e. The first-order valence-electron chi connectivity index (χ1n) is 6.96. The predicted molar refractivity (Wildman–Crippen MR) is 95.3 cm³/mol.